The molecule has 0 amide bonds. The van der Waals surface area contributed by atoms with Crippen molar-refractivity contribution in [2.45, 2.75) is 13.8 Å². The molecule has 1 aromatic heterocycles. The number of halogens is 2. The Balaban J connectivity index is 2.47. The van der Waals surface area contributed by atoms with Gasteiger partial charge in [-0.05, 0) is 48.0 Å². The number of rotatable bonds is 3. The number of ether oxygens (including phenoxy) is 1. The van der Waals surface area contributed by atoms with E-state index in [4.69, 9.17) is 4.74 Å². The van der Waals surface area contributed by atoms with Crippen molar-refractivity contribution >= 4 is 21.9 Å². The van der Waals surface area contributed by atoms with Crippen molar-refractivity contribution in [3.05, 3.63) is 51.5 Å². The Morgan fingerprint density at radius 2 is 2.05 bits per heavy atom. The molecule has 20 heavy (non-hydrogen) atoms. The molecule has 6 heteroatoms. The van der Waals surface area contributed by atoms with Crippen LogP contribution < -0.4 is 4.74 Å². The van der Waals surface area contributed by atoms with Crippen LogP contribution in [0.25, 0.3) is 0 Å². The fraction of sp³-hybridized carbons (Fsp3) is 0.143. The molecule has 104 valence electrons. The summed E-state index contributed by atoms with van der Waals surface area (Å²) >= 11 is 3.05. The zero-order chi connectivity index (χ0) is 14.9. The van der Waals surface area contributed by atoms with Crippen LogP contribution in [0, 0.1) is 19.7 Å². The van der Waals surface area contributed by atoms with Gasteiger partial charge in [0.05, 0.1) is 10.2 Å². The smallest absolute Gasteiger partial charge is 0.341 e. The number of carbonyl (C=O) groups is 1. The van der Waals surface area contributed by atoms with Crippen molar-refractivity contribution in [1.29, 1.82) is 0 Å². The molecule has 0 atom stereocenters. The minimum absolute atomic E-state index is 0.00366. The van der Waals surface area contributed by atoms with Crippen molar-refractivity contribution < 1.29 is 19.0 Å². The lowest BCUT2D eigenvalue weighted by atomic mass is 10.1. The lowest BCUT2D eigenvalue weighted by molar-refractivity contribution is 0.0692. The average molecular weight is 340 g/mol. The number of nitrogens with zero attached hydrogens (tertiary/aromatic N) is 1. The number of pyridine rings is 1. The SMILES string of the molecule is Cc1cc(Oc2ccc(F)c(Br)c2)c(C(=O)O)c(C)n1. The Labute approximate surface area is 123 Å². The van der Waals surface area contributed by atoms with Crippen molar-refractivity contribution in [2.24, 2.45) is 0 Å². The first-order valence-corrected chi connectivity index (χ1v) is 6.52. The minimum Gasteiger partial charge on any atom is -0.477 e. The fourth-order valence-corrected chi connectivity index (χ4v) is 2.16. The van der Waals surface area contributed by atoms with Crippen LogP contribution in [0.2, 0.25) is 0 Å². The lowest BCUT2D eigenvalue weighted by Crippen LogP contribution is -2.06. The van der Waals surface area contributed by atoms with Gasteiger partial charge in [0, 0.05) is 11.8 Å². The second-order valence-electron chi connectivity index (χ2n) is 4.21. The maximum absolute atomic E-state index is 13.2. The molecule has 0 saturated carbocycles. The highest BCUT2D eigenvalue weighted by Gasteiger charge is 2.17. The summed E-state index contributed by atoms with van der Waals surface area (Å²) in [5.41, 5.74) is 1.01. The van der Waals surface area contributed by atoms with Crippen LogP contribution in [0.4, 0.5) is 4.39 Å². The molecule has 0 saturated heterocycles. The Bertz CT molecular complexity index is 688. The Morgan fingerprint density at radius 3 is 2.65 bits per heavy atom. The van der Waals surface area contributed by atoms with Crippen LogP contribution in [0.5, 0.6) is 11.5 Å². The van der Waals surface area contributed by atoms with Gasteiger partial charge in [0.15, 0.2) is 0 Å². The molecule has 0 aliphatic rings. The molecule has 1 aromatic carbocycles. The molecule has 0 spiro atoms. The van der Waals surface area contributed by atoms with E-state index in [1.807, 2.05) is 0 Å². The van der Waals surface area contributed by atoms with E-state index >= 15 is 0 Å². The molecular weight excluding hydrogens is 329 g/mol. The third kappa shape index (κ3) is 2.96. The average Bonchev–Trinajstić information content (AvgIpc) is 2.32. The largest absolute Gasteiger partial charge is 0.477 e. The molecule has 0 radical (unpaired) electrons. The molecule has 0 bridgehead atoms. The molecule has 1 heterocycles. The first-order chi connectivity index (χ1) is 9.38. The summed E-state index contributed by atoms with van der Waals surface area (Å²) in [6, 6.07) is 5.64. The number of benzene rings is 1. The van der Waals surface area contributed by atoms with Gasteiger partial charge in [0.25, 0.3) is 0 Å². The maximum Gasteiger partial charge on any atom is 0.341 e. The van der Waals surface area contributed by atoms with Gasteiger partial charge in [-0.2, -0.15) is 0 Å². The highest BCUT2D eigenvalue weighted by molar-refractivity contribution is 9.10. The van der Waals surface area contributed by atoms with Gasteiger partial charge in [-0.1, -0.05) is 0 Å². The second kappa shape index (κ2) is 5.58. The molecule has 4 nitrogen and oxygen atoms in total. The maximum atomic E-state index is 13.2. The van der Waals surface area contributed by atoms with Gasteiger partial charge in [-0.25, -0.2) is 9.18 Å². The molecule has 0 aliphatic carbocycles. The van der Waals surface area contributed by atoms with E-state index in [2.05, 4.69) is 20.9 Å². The number of aromatic carboxylic acids is 1. The van der Waals surface area contributed by atoms with E-state index in [-0.39, 0.29) is 15.8 Å². The van der Waals surface area contributed by atoms with Crippen LogP contribution in [0.1, 0.15) is 21.7 Å². The van der Waals surface area contributed by atoms with Crippen molar-refractivity contribution in [2.75, 3.05) is 0 Å². The summed E-state index contributed by atoms with van der Waals surface area (Å²) < 4.78 is 19.0. The monoisotopic (exact) mass is 339 g/mol. The van der Waals surface area contributed by atoms with E-state index in [0.29, 0.717) is 17.1 Å². The van der Waals surface area contributed by atoms with E-state index in [1.54, 1.807) is 13.8 Å². The van der Waals surface area contributed by atoms with E-state index in [1.165, 1.54) is 24.3 Å². The molecular formula is C14H11BrFNO3. The highest BCUT2D eigenvalue weighted by Crippen LogP contribution is 2.30. The Morgan fingerprint density at radius 1 is 1.35 bits per heavy atom. The second-order valence-corrected chi connectivity index (χ2v) is 5.06. The van der Waals surface area contributed by atoms with Crippen molar-refractivity contribution in [3.63, 3.8) is 0 Å². The van der Waals surface area contributed by atoms with Gasteiger partial charge in [-0.3, -0.25) is 4.98 Å². The summed E-state index contributed by atoms with van der Waals surface area (Å²) in [5, 5.41) is 9.22. The van der Waals surface area contributed by atoms with E-state index < -0.39 is 11.8 Å². The topological polar surface area (TPSA) is 59.4 Å². The molecule has 0 fully saturated rings. The lowest BCUT2D eigenvalue weighted by Gasteiger charge is -2.11. The molecule has 2 rings (SSSR count). The van der Waals surface area contributed by atoms with Gasteiger partial charge < -0.3 is 9.84 Å². The number of hydrogen-bond donors (Lipinski definition) is 1. The van der Waals surface area contributed by atoms with Crippen LogP contribution in [-0.4, -0.2) is 16.1 Å². The van der Waals surface area contributed by atoms with Crippen LogP contribution in [-0.2, 0) is 0 Å². The van der Waals surface area contributed by atoms with Crippen LogP contribution >= 0.6 is 15.9 Å². The Hall–Kier alpha value is -1.95. The van der Waals surface area contributed by atoms with Crippen LogP contribution in [0.3, 0.4) is 0 Å². The van der Waals surface area contributed by atoms with Gasteiger partial charge >= 0.3 is 5.97 Å². The first-order valence-electron chi connectivity index (χ1n) is 5.73. The zero-order valence-electron chi connectivity index (χ0n) is 10.8. The molecule has 0 aliphatic heterocycles. The Kier molecular flexibility index (Phi) is 4.04. The number of hydrogen-bond acceptors (Lipinski definition) is 3. The van der Waals surface area contributed by atoms with Crippen molar-refractivity contribution in [1.82, 2.24) is 4.98 Å². The zero-order valence-corrected chi connectivity index (χ0v) is 12.4. The van der Waals surface area contributed by atoms with Crippen LogP contribution in [0.15, 0.2) is 28.7 Å². The standard InChI is InChI=1S/C14H11BrFNO3/c1-7-5-12(13(14(18)19)8(2)17-7)20-9-3-4-11(16)10(15)6-9/h3-6H,1-2H3,(H,18,19). The predicted octanol–water partition coefficient (Wildman–Crippen LogP) is 4.09. The summed E-state index contributed by atoms with van der Waals surface area (Å²) in [6.45, 7) is 3.34. The van der Waals surface area contributed by atoms with Gasteiger partial charge in [0.2, 0.25) is 0 Å². The third-order valence-corrected chi connectivity index (χ3v) is 3.23. The normalized spacial score (nSPS) is 10.4. The van der Waals surface area contributed by atoms with E-state index in [0.717, 1.165) is 0 Å². The minimum atomic E-state index is -1.12. The highest BCUT2D eigenvalue weighted by atomic mass is 79.9. The summed E-state index contributed by atoms with van der Waals surface area (Å²) in [4.78, 5) is 15.4. The number of carboxylic acid groups (broad SMARTS) is 1. The number of aromatic nitrogens is 1. The van der Waals surface area contributed by atoms with Gasteiger partial charge in [0.1, 0.15) is 22.9 Å². The summed E-state index contributed by atoms with van der Waals surface area (Å²) in [6.07, 6.45) is 0. The summed E-state index contributed by atoms with van der Waals surface area (Å²) in [5.74, 6) is -1.02. The predicted molar refractivity (Wildman–Crippen MR) is 74.8 cm³/mol. The van der Waals surface area contributed by atoms with Gasteiger partial charge in [-0.15, -0.1) is 0 Å². The quantitative estimate of drug-likeness (QED) is 0.914. The van der Waals surface area contributed by atoms with E-state index in [9.17, 15) is 14.3 Å². The third-order valence-electron chi connectivity index (χ3n) is 2.62. The number of carboxylic acids is 1. The number of aryl methyl sites for hydroxylation is 2. The van der Waals surface area contributed by atoms with Crippen molar-refractivity contribution in [3.8, 4) is 11.5 Å². The molecule has 2 aromatic rings. The fourth-order valence-electron chi connectivity index (χ4n) is 1.80. The first kappa shape index (κ1) is 14.5. The molecule has 1 N–H and O–H groups in total. The molecule has 0 unspecified atom stereocenters. The summed E-state index contributed by atoms with van der Waals surface area (Å²) in [7, 11) is 0.